The summed E-state index contributed by atoms with van der Waals surface area (Å²) in [6.45, 7) is 4.75. The third kappa shape index (κ3) is 12.1. The van der Waals surface area contributed by atoms with Crippen LogP contribution in [0.3, 0.4) is 0 Å². The second-order valence-electron chi connectivity index (χ2n) is 2.46. The molecule has 0 aliphatic rings. The van der Waals surface area contributed by atoms with E-state index in [0.29, 0.717) is 0 Å². The Morgan fingerprint density at radius 1 is 1.12 bits per heavy atom. The van der Waals surface area contributed by atoms with Gasteiger partial charge in [-0.05, 0) is 0 Å². The average molecular weight is 263 g/mol. The van der Waals surface area contributed by atoms with Gasteiger partial charge in [0, 0.05) is 12.4 Å². The van der Waals surface area contributed by atoms with Crippen molar-refractivity contribution in [1.29, 1.82) is 5.26 Å². The van der Waals surface area contributed by atoms with Crippen molar-refractivity contribution in [3.63, 3.8) is 0 Å². The summed E-state index contributed by atoms with van der Waals surface area (Å²) in [5, 5.41) is 41.8. The summed E-state index contributed by atoms with van der Waals surface area (Å²) in [5.41, 5.74) is -2.80. The molecule has 0 rings (SSSR count). The number of carbonyl (C=O) groups is 3. The molecule has 3 N–H and O–H groups in total. The minimum atomic E-state index is -2.80. The molecule has 0 aromatic heterocycles. The molecule has 0 amide bonds. The van der Waals surface area contributed by atoms with Crippen LogP contribution in [-0.2, 0) is 14.4 Å². The zero-order chi connectivity index (χ0) is 12.6. The topological polar surface area (TPSA) is 159 Å². The van der Waals surface area contributed by atoms with Crippen molar-refractivity contribution in [3.05, 3.63) is 6.57 Å². The molecule has 0 saturated carbocycles. The van der Waals surface area contributed by atoms with E-state index in [1.165, 1.54) is 0 Å². The van der Waals surface area contributed by atoms with Gasteiger partial charge < -0.3 is 37.1 Å². The van der Waals surface area contributed by atoms with Crippen LogP contribution in [0, 0.1) is 11.8 Å². The van der Waals surface area contributed by atoms with Crippen LogP contribution in [0.25, 0.3) is 0 Å². The largest absolute Gasteiger partial charge is 1.00 e. The van der Waals surface area contributed by atoms with E-state index < -0.39 is 36.4 Å². The van der Waals surface area contributed by atoms with Crippen LogP contribution in [0.5, 0.6) is 0 Å². The first-order valence-electron chi connectivity index (χ1n) is 3.38. The molecule has 8 nitrogen and oxygen atoms in total. The Kier molecular flexibility index (Phi) is 18.6. The maximum Gasteiger partial charge on any atom is 1.00 e. The molecule has 0 aliphatic carbocycles. The van der Waals surface area contributed by atoms with Crippen molar-refractivity contribution in [1.82, 2.24) is 0 Å². The number of nitrogens with zero attached hydrogens (tertiary/aromatic N) is 1. The molecule has 10 heteroatoms. The summed E-state index contributed by atoms with van der Waals surface area (Å²) in [4.78, 5) is 30.3. The average Bonchev–Trinajstić information content (AvgIpc) is 2.04. The number of carboxylic acid groups (broad SMARTS) is 3. The number of aliphatic carboxylic acids is 3. The molecule has 0 spiro atoms. The molecule has 17 heavy (non-hydrogen) atoms. The summed E-state index contributed by atoms with van der Waals surface area (Å²) in [7, 11) is 0. The van der Waals surface area contributed by atoms with Gasteiger partial charge >= 0.3 is 71.1 Å². The van der Waals surface area contributed by atoms with Crippen molar-refractivity contribution in [2.75, 3.05) is 0 Å². The Labute approximate surface area is 141 Å². The van der Waals surface area contributed by atoms with Gasteiger partial charge in [0.25, 0.3) is 0 Å². The van der Waals surface area contributed by atoms with E-state index >= 15 is 0 Å². The first-order chi connectivity index (χ1) is 6.78. The summed E-state index contributed by atoms with van der Waals surface area (Å²) in [5.74, 6) is -5.34. The van der Waals surface area contributed by atoms with E-state index in [2.05, 4.69) is 0 Å². The molecule has 0 aliphatic heterocycles. The van der Waals surface area contributed by atoms with E-state index in [-0.39, 0.29) is 59.1 Å². The quantitative estimate of drug-likeness (QED) is 0.325. The molecule has 0 saturated heterocycles. The third-order valence-corrected chi connectivity index (χ3v) is 1.28. The maximum atomic E-state index is 10.3. The monoisotopic (exact) mass is 263 g/mol. The molecule has 0 fully saturated rings. The summed E-state index contributed by atoms with van der Waals surface area (Å²) in [6.07, 6.45) is -2.44. The minimum Gasteiger partial charge on any atom is -0.550 e. The van der Waals surface area contributed by atoms with Gasteiger partial charge in [0.05, 0.1) is 6.42 Å². The fourth-order valence-electron chi connectivity index (χ4n) is 0.703. The molecule has 0 radical (unpaired) electrons. The number of hydrogen-bond acceptors (Lipinski definition) is 6. The van der Waals surface area contributed by atoms with Gasteiger partial charge in [-0.1, -0.05) is 0 Å². The van der Waals surface area contributed by atoms with Gasteiger partial charge in [-0.2, -0.15) is 0 Å². The van der Waals surface area contributed by atoms with Crippen LogP contribution in [0.2, 0.25) is 0 Å². The van der Waals surface area contributed by atoms with Crippen LogP contribution in [-0.4, -0.2) is 38.8 Å². The second-order valence-corrected chi connectivity index (χ2v) is 2.46. The van der Waals surface area contributed by atoms with Crippen molar-refractivity contribution in [2.45, 2.75) is 18.4 Å². The standard InChI is InChI=1S/C6H8O7.CN.2Na/c7-3(8)1-6(13,5(11)12)2-4(9)10;1-2;;/h13H,1-2H2,(H,7,8)(H,9,10)(H,11,12);;;/q;-1;2*+1/p-1. The molecule has 84 valence electrons. The van der Waals surface area contributed by atoms with Crippen LogP contribution >= 0.6 is 0 Å². The van der Waals surface area contributed by atoms with E-state index in [1.807, 2.05) is 0 Å². The third-order valence-electron chi connectivity index (χ3n) is 1.28. The molecule has 0 aromatic carbocycles. The van der Waals surface area contributed by atoms with Gasteiger partial charge in [0.1, 0.15) is 0 Å². The van der Waals surface area contributed by atoms with Crippen LogP contribution < -0.4 is 64.2 Å². The number of carbonyl (C=O) groups excluding carboxylic acids is 1. The first kappa shape index (κ1) is 25.6. The second kappa shape index (κ2) is 12.3. The van der Waals surface area contributed by atoms with Crippen LogP contribution in [0.15, 0.2) is 0 Å². The molecule has 0 heterocycles. The Morgan fingerprint density at radius 3 is 1.65 bits per heavy atom. The van der Waals surface area contributed by atoms with E-state index in [1.54, 1.807) is 0 Å². The van der Waals surface area contributed by atoms with Crippen LogP contribution in [0.1, 0.15) is 12.8 Å². The Balaban J connectivity index is -0.000000199. The normalized spacial score (nSPS) is 11.2. The number of carboxylic acids is 3. The van der Waals surface area contributed by atoms with Gasteiger partial charge in [0.2, 0.25) is 0 Å². The van der Waals surface area contributed by atoms with Gasteiger partial charge in [-0.15, -0.1) is 0 Å². The summed E-state index contributed by atoms with van der Waals surface area (Å²) < 4.78 is 0. The fourth-order valence-corrected chi connectivity index (χ4v) is 0.703. The van der Waals surface area contributed by atoms with Gasteiger partial charge in [-0.25, -0.2) is 4.79 Å². The Morgan fingerprint density at radius 2 is 1.47 bits per heavy atom. The first-order valence-corrected chi connectivity index (χ1v) is 3.38. The predicted octanol–water partition coefficient (Wildman–Crippen LogP) is -8.48. The Bertz CT molecular complexity index is 275. The fraction of sp³-hybridized carbons (Fsp3) is 0.429. The molecule has 0 bridgehead atoms. The van der Waals surface area contributed by atoms with Gasteiger partial charge in [-0.3, -0.25) is 4.79 Å². The van der Waals surface area contributed by atoms with Crippen molar-refractivity contribution < 1.29 is 93.9 Å². The molecular formula is C7H7NNa2O7. The summed E-state index contributed by atoms with van der Waals surface area (Å²) in [6, 6.07) is 0. The zero-order valence-electron chi connectivity index (χ0n) is 9.34. The SMILES string of the molecule is O=C([O-])CC(O)(CC(=O)O)C(=O)O.[C-]#N.[Na+].[Na+]. The Hall–Kier alpha value is -0.140. The van der Waals surface area contributed by atoms with Crippen molar-refractivity contribution in [2.24, 2.45) is 0 Å². The van der Waals surface area contributed by atoms with E-state index in [0.717, 1.165) is 0 Å². The predicted molar refractivity (Wildman–Crippen MR) is 39.4 cm³/mol. The number of aliphatic hydroxyl groups is 1. The number of hydrogen-bond donors (Lipinski definition) is 3. The number of rotatable bonds is 5. The molecule has 1 atom stereocenters. The smallest absolute Gasteiger partial charge is 0.550 e. The summed E-state index contributed by atoms with van der Waals surface area (Å²) >= 11 is 0. The maximum absolute atomic E-state index is 10.3. The van der Waals surface area contributed by atoms with Crippen molar-refractivity contribution >= 4 is 17.9 Å². The van der Waals surface area contributed by atoms with Crippen LogP contribution in [0.4, 0.5) is 0 Å². The van der Waals surface area contributed by atoms with Crippen molar-refractivity contribution in [3.8, 4) is 0 Å². The van der Waals surface area contributed by atoms with E-state index in [9.17, 15) is 19.5 Å². The van der Waals surface area contributed by atoms with E-state index in [4.69, 9.17) is 27.2 Å². The molecular weight excluding hydrogens is 256 g/mol. The van der Waals surface area contributed by atoms with Gasteiger partial charge in [0.15, 0.2) is 5.60 Å². The zero-order valence-corrected chi connectivity index (χ0v) is 13.3. The molecule has 0 aromatic rings. The molecule has 1 unspecified atom stereocenters. The minimum absolute atomic E-state index is 0.